The molecule has 4 rings (SSSR count). The highest BCUT2D eigenvalue weighted by Crippen LogP contribution is 2.43. The summed E-state index contributed by atoms with van der Waals surface area (Å²) >= 11 is 0. The number of fused-ring (bicyclic) bond motifs is 1. The Labute approximate surface area is 182 Å². The number of hydrogen-bond donors (Lipinski definition) is 0. The van der Waals surface area contributed by atoms with Crippen LogP contribution >= 0.6 is 0 Å². The lowest BCUT2D eigenvalue weighted by molar-refractivity contribution is -0.137. The molecule has 0 saturated carbocycles. The Bertz CT molecular complexity index is 999. The molecule has 1 aliphatic carbocycles. The quantitative estimate of drug-likeness (QED) is 0.374. The fourth-order valence-electron chi connectivity index (χ4n) is 5.10. The van der Waals surface area contributed by atoms with E-state index in [1.54, 1.807) is 12.1 Å². The molecule has 4 heteroatoms. The first-order valence-electron chi connectivity index (χ1n) is 11.4. The van der Waals surface area contributed by atoms with E-state index in [1.165, 1.54) is 47.5 Å². The zero-order valence-electron chi connectivity index (χ0n) is 18.3. The van der Waals surface area contributed by atoms with Crippen molar-refractivity contribution in [1.29, 1.82) is 0 Å². The molecule has 0 spiro atoms. The molecule has 0 N–H and O–H groups in total. The van der Waals surface area contributed by atoms with E-state index >= 15 is 0 Å². The number of alkyl halides is 3. The van der Waals surface area contributed by atoms with Crippen LogP contribution in [0.5, 0.6) is 0 Å². The van der Waals surface area contributed by atoms with Crippen molar-refractivity contribution in [2.45, 2.75) is 70.5 Å². The molecule has 0 saturated heterocycles. The smallest absolute Gasteiger partial charge is 0.337 e. The minimum atomic E-state index is -4.31. The molecule has 3 aromatic rings. The average Bonchev–Trinajstić information content (AvgIpc) is 3.17. The molecule has 0 aliphatic heterocycles. The second-order valence-electron chi connectivity index (χ2n) is 8.60. The summed E-state index contributed by atoms with van der Waals surface area (Å²) in [5.74, 6) is 0.495. The van der Waals surface area contributed by atoms with Crippen LogP contribution < -0.4 is 0 Å². The average molecular weight is 426 g/mol. The van der Waals surface area contributed by atoms with Gasteiger partial charge in [0.2, 0.25) is 0 Å². The Morgan fingerprint density at radius 1 is 1.00 bits per heavy atom. The Kier molecular flexibility index (Phi) is 6.27. The van der Waals surface area contributed by atoms with Crippen LogP contribution in [0, 0.1) is 0 Å². The molecule has 0 radical (unpaired) electrons. The summed E-state index contributed by atoms with van der Waals surface area (Å²) in [6.07, 6.45) is 2.07. The van der Waals surface area contributed by atoms with Gasteiger partial charge in [0, 0.05) is 11.4 Å². The Hall–Kier alpha value is -2.49. The molecule has 1 aliphatic rings. The molecule has 0 amide bonds. The molecule has 0 bridgehead atoms. The van der Waals surface area contributed by atoms with Gasteiger partial charge < -0.3 is 4.57 Å². The van der Waals surface area contributed by atoms with Crippen LogP contribution in [0.25, 0.3) is 11.3 Å². The molecule has 2 unspecified atom stereocenters. The second-order valence-corrected chi connectivity index (χ2v) is 8.60. The van der Waals surface area contributed by atoms with Gasteiger partial charge in [-0.3, -0.25) is 0 Å². The number of hydrogen-bond acceptors (Lipinski definition) is 0. The van der Waals surface area contributed by atoms with Crippen molar-refractivity contribution in [3.63, 3.8) is 0 Å². The first-order chi connectivity index (χ1) is 14.9. The normalized spacial score (nSPS) is 17.4. The van der Waals surface area contributed by atoms with Gasteiger partial charge in [-0.2, -0.15) is 13.2 Å². The first-order valence-corrected chi connectivity index (χ1v) is 11.4. The Balaban J connectivity index is 1.89. The number of benzene rings is 2. The van der Waals surface area contributed by atoms with E-state index in [2.05, 4.69) is 48.7 Å². The van der Waals surface area contributed by atoms with Gasteiger partial charge >= 0.3 is 6.18 Å². The number of aryl methyl sites for hydroxylation is 1. The first kappa shape index (κ1) is 21.7. The van der Waals surface area contributed by atoms with Crippen molar-refractivity contribution < 1.29 is 13.2 Å². The number of rotatable bonds is 6. The largest absolute Gasteiger partial charge is 0.416 e. The van der Waals surface area contributed by atoms with Crippen molar-refractivity contribution in [2.75, 3.05) is 0 Å². The van der Waals surface area contributed by atoms with Gasteiger partial charge in [0.1, 0.15) is 0 Å². The molecule has 0 fully saturated rings. The van der Waals surface area contributed by atoms with E-state index in [1.807, 2.05) is 6.07 Å². The molecule has 1 heterocycles. The molecule has 31 heavy (non-hydrogen) atoms. The Morgan fingerprint density at radius 3 is 2.32 bits per heavy atom. The topological polar surface area (TPSA) is 4.93 Å². The maximum atomic E-state index is 13.1. The van der Waals surface area contributed by atoms with Crippen LogP contribution in [0.3, 0.4) is 0 Å². The van der Waals surface area contributed by atoms with Gasteiger partial charge in [0.15, 0.2) is 0 Å². The number of nitrogens with zero attached hydrogens (tertiary/aromatic N) is 1. The van der Waals surface area contributed by atoms with Crippen LogP contribution in [0.2, 0.25) is 0 Å². The monoisotopic (exact) mass is 425 g/mol. The van der Waals surface area contributed by atoms with Gasteiger partial charge in [-0.1, -0.05) is 62.7 Å². The minimum Gasteiger partial charge on any atom is -0.337 e. The maximum Gasteiger partial charge on any atom is 0.416 e. The Morgan fingerprint density at radius 2 is 1.71 bits per heavy atom. The fraction of sp³-hybridized carbons (Fsp3) is 0.407. The highest BCUT2D eigenvalue weighted by molar-refractivity contribution is 5.64. The lowest BCUT2D eigenvalue weighted by Crippen LogP contribution is -2.20. The van der Waals surface area contributed by atoms with Crippen molar-refractivity contribution >= 4 is 0 Å². The summed E-state index contributed by atoms with van der Waals surface area (Å²) in [6.45, 7) is 4.39. The van der Waals surface area contributed by atoms with E-state index in [9.17, 15) is 13.2 Å². The molecule has 2 aromatic carbocycles. The van der Waals surface area contributed by atoms with Crippen LogP contribution in [-0.2, 0) is 12.6 Å². The lowest BCUT2D eigenvalue weighted by Gasteiger charge is -2.30. The lowest BCUT2D eigenvalue weighted by atomic mass is 9.85. The summed E-state index contributed by atoms with van der Waals surface area (Å²) in [7, 11) is 0. The summed E-state index contributed by atoms with van der Waals surface area (Å²) in [6, 6.07) is 18.6. The summed E-state index contributed by atoms with van der Waals surface area (Å²) in [5.41, 5.74) is 5.52. The van der Waals surface area contributed by atoms with Gasteiger partial charge in [-0.05, 0) is 72.9 Å². The summed E-state index contributed by atoms with van der Waals surface area (Å²) in [4.78, 5) is 0. The van der Waals surface area contributed by atoms with Crippen LogP contribution in [0.4, 0.5) is 13.2 Å². The van der Waals surface area contributed by atoms with Crippen molar-refractivity contribution in [3.05, 3.63) is 83.0 Å². The highest BCUT2D eigenvalue weighted by Gasteiger charge is 2.32. The summed E-state index contributed by atoms with van der Waals surface area (Å²) < 4.78 is 41.9. The van der Waals surface area contributed by atoms with E-state index in [0.29, 0.717) is 5.92 Å². The van der Waals surface area contributed by atoms with Gasteiger partial charge in [-0.25, -0.2) is 0 Å². The highest BCUT2D eigenvalue weighted by atomic mass is 19.4. The predicted octanol–water partition coefficient (Wildman–Crippen LogP) is 8.39. The van der Waals surface area contributed by atoms with Crippen LogP contribution in [-0.4, -0.2) is 4.57 Å². The maximum absolute atomic E-state index is 13.1. The van der Waals surface area contributed by atoms with E-state index in [4.69, 9.17) is 0 Å². The van der Waals surface area contributed by atoms with Crippen molar-refractivity contribution in [1.82, 2.24) is 4.57 Å². The molecular weight excluding hydrogens is 395 g/mol. The minimum absolute atomic E-state index is 0.0263. The SMILES string of the molecule is CCCC(c1ccc(C(F)(F)F)cc1)n1c(-c2ccccc2)cc2c1C(CC)CCC2. The third kappa shape index (κ3) is 4.30. The van der Waals surface area contributed by atoms with Crippen LogP contribution in [0.1, 0.15) is 80.3 Å². The van der Waals surface area contributed by atoms with E-state index in [-0.39, 0.29) is 6.04 Å². The zero-order chi connectivity index (χ0) is 22.0. The third-order valence-corrected chi connectivity index (χ3v) is 6.60. The van der Waals surface area contributed by atoms with Gasteiger partial charge in [0.05, 0.1) is 11.6 Å². The molecule has 164 valence electrons. The van der Waals surface area contributed by atoms with E-state index in [0.717, 1.165) is 31.2 Å². The predicted molar refractivity (Wildman–Crippen MR) is 120 cm³/mol. The van der Waals surface area contributed by atoms with Crippen LogP contribution in [0.15, 0.2) is 60.7 Å². The van der Waals surface area contributed by atoms with Gasteiger partial charge in [-0.15, -0.1) is 0 Å². The molecule has 2 atom stereocenters. The number of halogens is 3. The molecule has 1 aromatic heterocycles. The van der Waals surface area contributed by atoms with Crippen molar-refractivity contribution in [2.24, 2.45) is 0 Å². The summed E-state index contributed by atoms with van der Waals surface area (Å²) in [5, 5.41) is 0. The fourth-order valence-corrected chi connectivity index (χ4v) is 5.10. The second kappa shape index (κ2) is 8.94. The van der Waals surface area contributed by atoms with E-state index < -0.39 is 11.7 Å². The van der Waals surface area contributed by atoms with Gasteiger partial charge in [0.25, 0.3) is 0 Å². The molecule has 1 nitrogen and oxygen atoms in total. The number of aromatic nitrogens is 1. The third-order valence-electron chi connectivity index (χ3n) is 6.60. The zero-order valence-corrected chi connectivity index (χ0v) is 18.3. The van der Waals surface area contributed by atoms with Crippen molar-refractivity contribution in [3.8, 4) is 11.3 Å². The standard InChI is InChI=1S/C27H30F3N/c1-3-9-24(21-14-16-23(17-15-21)27(28,29)30)31-25(20-10-6-5-7-11-20)18-22-13-8-12-19(4-2)26(22)31/h5-7,10-11,14-19,24H,3-4,8-9,12-13H2,1-2H3. The molecular formula is C27H30F3N.